The molecule has 0 atom stereocenters. The minimum Gasteiger partial charge on any atom is -0.496 e. The molecule has 0 saturated heterocycles. The summed E-state index contributed by atoms with van der Waals surface area (Å²) in [6, 6.07) is 16.6. The van der Waals surface area contributed by atoms with Gasteiger partial charge in [-0.25, -0.2) is 4.79 Å². The standard InChI is InChI=1S/C21H18O5/c1-13(22)26-20-12-16(21(23)25-3)10-14-8-9-15(11-18(14)20)17-6-4-5-7-19(17)24-2/h4-12H,1-3H3. The van der Waals surface area contributed by atoms with Gasteiger partial charge < -0.3 is 14.2 Å². The maximum absolute atomic E-state index is 11.9. The van der Waals surface area contributed by atoms with E-state index < -0.39 is 11.9 Å². The van der Waals surface area contributed by atoms with E-state index in [9.17, 15) is 9.59 Å². The van der Waals surface area contributed by atoms with Crippen molar-refractivity contribution < 1.29 is 23.8 Å². The van der Waals surface area contributed by atoms with Gasteiger partial charge in [0.1, 0.15) is 11.5 Å². The number of rotatable bonds is 4. The zero-order valence-corrected chi connectivity index (χ0v) is 14.7. The van der Waals surface area contributed by atoms with Crippen LogP contribution in [-0.4, -0.2) is 26.2 Å². The summed E-state index contributed by atoms with van der Waals surface area (Å²) in [6.45, 7) is 1.32. The number of esters is 2. The van der Waals surface area contributed by atoms with Gasteiger partial charge in [0, 0.05) is 17.9 Å². The second kappa shape index (κ2) is 7.27. The molecule has 5 heteroatoms. The van der Waals surface area contributed by atoms with Gasteiger partial charge in [-0.15, -0.1) is 0 Å². The molecule has 0 spiro atoms. The van der Waals surface area contributed by atoms with Crippen molar-refractivity contribution in [3.05, 3.63) is 60.2 Å². The van der Waals surface area contributed by atoms with E-state index in [0.717, 1.165) is 27.6 Å². The lowest BCUT2D eigenvalue weighted by Crippen LogP contribution is -2.05. The Bertz CT molecular complexity index is 991. The first-order valence-electron chi connectivity index (χ1n) is 8.01. The molecule has 3 rings (SSSR count). The van der Waals surface area contributed by atoms with Crippen molar-refractivity contribution in [3.63, 3.8) is 0 Å². The predicted octanol–water partition coefficient (Wildman–Crippen LogP) is 4.23. The van der Waals surface area contributed by atoms with E-state index in [4.69, 9.17) is 14.2 Å². The van der Waals surface area contributed by atoms with Crippen molar-refractivity contribution in [1.29, 1.82) is 0 Å². The Labute approximate surface area is 151 Å². The number of hydrogen-bond acceptors (Lipinski definition) is 5. The summed E-state index contributed by atoms with van der Waals surface area (Å²) in [7, 11) is 2.93. The highest BCUT2D eigenvalue weighted by Crippen LogP contribution is 2.35. The summed E-state index contributed by atoms with van der Waals surface area (Å²) in [5.41, 5.74) is 2.15. The number of para-hydroxylation sites is 1. The largest absolute Gasteiger partial charge is 0.496 e. The lowest BCUT2D eigenvalue weighted by Gasteiger charge is -2.12. The molecule has 0 radical (unpaired) electrons. The van der Waals surface area contributed by atoms with Gasteiger partial charge in [0.05, 0.1) is 19.8 Å². The third kappa shape index (κ3) is 3.37. The summed E-state index contributed by atoms with van der Waals surface area (Å²) in [4.78, 5) is 23.4. The molecule has 0 fully saturated rings. The highest BCUT2D eigenvalue weighted by atomic mass is 16.5. The number of benzene rings is 3. The quantitative estimate of drug-likeness (QED) is 0.520. The molecule has 5 nitrogen and oxygen atoms in total. The topological polar surface area (TPSA) is 61.8 Å². The van der Waals surface area contributed by atoms with Crippen LogP contribution in [0, 0.1) is 0 Å². The first-order valence-corrected chi connectivity index (χ1v) is 8.01. The van der Waals surface area contributed by atoms with Gasteiger partial charge in [0.2, 0.25) is 0 Å². The fourth-order valence-corrected chi connectivity index (χ4v) is 2.85. The lowest BCUT2D eigenvalue weighted by atomic mass is 9.98. The van der Waals surface area contributed by atoms with Crippen LogP contribution in [-0.2, 0) is 9.53 Å². The van der Waals surface area contributed by atoms with Crippen molar-refractivity contribution in [2.24, 2.45) is 0 Å². The molecule has 132 valence electrons. The minimum atomic E-state index is -0.492. The van der Waals surface area contributed by atoms with Crippen LogP contribution in [0.2, 0.25) is 0 Å². The Hall–Kier alpha value is -3.34. The normalized spacial score (nSPS) is 10.4. The number of carbonyl (C=O) groups is 2. The molecule has 0 unspecified atom stereocenters. The van der Waals surface area contributed by atoms with Gasteiger partial charge in [0.25, 0.3) is 0 Å². The van der Waals surface area contributed by atoms with Gasteiger partial charge in [-0.3, -0.25) is 4.79 Å². The maximum Gasteiger partial charge on any atom is 0.338 e. The van der Waals surface area contributed by atoms with Crippen LogP contribution in [0.4, 0.5) is 0 Å². The zero-order valence-electron chi connectivity index (χ0n) is 14.7. The minimum absolute atomic E-state index is 0.312. The number of carbonyl (C=O) groups excluding carboxylic acids is 2. The number of hydrogen-bond donors (Lipinski definition) is 0. The van der Waals surface area contributed by atoms with Gasteiger partial charge in [0.15, 0.2) is 0 Å². The molecular weight excluding hydrogens is 332 g/mol. The molecule has 0 bridgehead atoms. The third-order valence-corrected chi connectivity index (χ3v) is 4.01. The van der Waals surface area contributed by atoms with E-state index in [2.05, 4.69) is 0 Å². The molecule has 0 N–H and O–H groups in total. The molecule has 0 saturated carbocycles. The Morgan fingerprint density at radius 2 is 1.65 bits per heavy atom. The summed E-state index contributed by atoms with van der Waals surface area (Å²) in [5, 5.41) is 1.49. The van der Waals surface area contributed by atoms with Crippen LogP contribution in [0.25, 0.3) is 21.9 Å². The van der Waals surface area contributed by atoms with E-state index >= 15 is 0 Å². The van der Waals surface area contributed by atoms with Gasteiger partial charge in [-0.1, -0.05) is 30.3 Å². The van der Waals surface area contributed by atoms with Crippen LogP contribution in [0.15, 0.2) is 54.6 Å². The molecule has 0 aliphatic rings. The second-order valence-electron chi connectivity index (χ2n) is 5.70. The van der Waals surface area contributed by atoms with Crippen LogP contribution < -0.4 is 9.47 Å². The van der Waals surface area contributed by atoms with Gasteiger partial charge in [-0.2, -0.15) is 0 Å². The SMILES string of the molecule is COC(=O)c1cc(OC(C)=O)c2cc(-c3ccccc3OC)ccc2c1. The van der Waals surface area contributed by atoms with Crippen LogP contribution in [0.1, 0.15) is 17.3 Å². The molecule has 0 aliphatic carbocycles. The molecule has 3 aromatic carbocycles. The van der Waals surface area contributed by atoms with E-state index in [0.29, 0.717) is 11.3 Å². The van der Waals surface area contributed by atoms with Crippen LogP contribution in [0.3, 0.4) is 0 Å². The Morgan fingerprint density at radius 1 is 0.885 bits per heavy atom. The fourth-order valence-electron chi connectivity index (χ4n) is 2.85. The predicted molar refractivity (Wildman–Crippen MR) is 98.6 cm³/mol. The van der Waals surface area contributed by atoms with Crippen molar-refractivity contribution in [3.8, 4) is 22.6 Å². The summed E-state index contributed by atoms with van der Waals surface area (Å²) < 4.78 is 15.5. The average molecular weight is 350 g/mol. The molecule has 3 aromatic rings. The van der Waals surface area contributed by atoms with E-state index in [-0.39, 0.29) is 0 Å². The number of methoxy groups -OCH3 is 2. The van der Waals surface area contributed by atoms with Crippen molar-refractivity contribution >= 4 is 22.7 Å². The van der Waals surface area contributed by atoms with Gasteiger partial charge >= 0.3 is 11.9 Å². The highest BCUT2D eigenvalue weighted by Gasteiger charge is 2.14. The van der Waals surface area contributed by atoms with Gasteiger partial charge in [-0.05, 0) is 35.2 Å². The third-order valence-electron chi connectivity index (χ3n) is 4.01. The second-order valence-corrected chi connectivity index (χ2v) is 5.70. The van der Waals surface area contributed by atoms with Crippen molar-refractivity contribution in [1.82, 2.24) is 0 Å². The van der Waals surface area contributed by atoms with Crippen molar-refractivity contribution in [2.45, 2.75) is 6.92 Å². The highest BCUT2D eigenvalue weighted by molar-refractivity contribution is 6.00. The first kappa shape index (κ1) is 17.5. The number of ether oxygens (including phenoxy) is 3. The smallest absolute Gasteiger partial charge is 0.338 e. The molecule has 26 heavy (non-hydrogen) atoms. The monoisotopic (exact) mass is 350 g/mol. The molecule has 0 aromatic heterocycles. The summed E-state index contributed by atoms with van der Waals surface area (Å²) in [6.07, 6.45) is 0. The van der Waals surface area contributed by atoms with E-state index in [1.54, 1.807) is 13.2 Å². The molecular formula is C21H18O5. The van der Waals surface area contributed by atoms with Crippen LogP contribution in [0.5, 0.6) is 11.5 Å². The first-order chi connectivity index (χ1) is 12.5. The molecule has 0 heterocycles. The Morgan fingerprint density at radius 3 is 2.35 bits per heavy atom. The zero-order chi connectivity index (χ0) is 18.7. The maximum atomic E-state index is 11.9. The fraction of sp³-hybridized carbons (Fsp3) is 0.143. The van der Waals surface area contributed by atoms with Crippen LogP contribution >= 0.6 is 0 Å². The Balaban J connectivity index is 2.22. The van der Waals surface area contributed by atoms with Crippen molar-refractivity contribution in [2.75, 3.05) is 14.2 Å². The van der Waals surface area contributed by atoms with E-state index in [1.165, 1.54) is 20.1 Å². The molecule has 0 amide bonds. The lowest BCUT2D eigenvalue weighted by molar-refractivity contribution is -0.131. The average Bonchev–Trinajstić information content (AvgIpc) is 2.66. The van der Waals surface area contributed by atoms with E-state index in [1.807, 2.05) is 42.5 Å². The Kier molecular flexibility index (Phi) is 4.89. The number of fused-ring (bicyclic) bond motifs is 1. The molecule has 0 aliphatic heterocycles. The summed E-state index contributed by atoms with van der Waals surface area (Å²) >= 11 is 0. The summed E-state index contributed by atoms with van der Waals surface area (Å²) in [5.74, 6) is 0.101.